The fraction of sp³-hybridized carbons (Fsp3) is 0.200. The highest BCUT2D eigenvalue weighted by Gasteiger charge is 2.13. The van der Waals surface area contributed by atoms with Gasteiger partial charge in [0.2, 0.25) is 12.7 Å². The number of nitrogens with one attached hydrogen (secondary N) is 1. The van der Waals surface area contributed by atoms with Gasteiger partial charge in [0.1, 0.15) is 0 Å². The standard InChI is InChI=1S/C15H15ClN2O2/c1-11(12-4-6-13(16)7-5-12)17-15(20)10-18-8-2-3-14(19)9-18/h2-9,11H,10H2,1H3,(H-,17,19,20)/p+1/t11-/m1/s1. The number of pyridine rings is 1. The average molecular weight is 292 g/mol. The maximum atomic E-state index is 11.9. The number of nitrogens with zero attached hydrogens (tertiary/aromatic N) is 1. The van der Waals surface area contributed by atoms with E-state index < -0.39 is 0 Å². The molecular formula is C15H16ClN2O2+. The van der Waals surface area contributed by atoms with E-state index in [9.17, 15) is 9.90 Å². The molecule has 0 aliphatic rings. The second-order valence-corrected chi connectivity index (χ2v) is 5.01. The summed E-state index contributed by atoms with van der Waals surface area (Å²) in [7, 11) is 0. The summed E-state index contributed by atoms with van der Waals surface area (Å²) in [5.41, 5.74) is 0.989. The number of amides is 1. The highest BCUT2D eigenvalue weighted by Crippen LogP contribution is 2.15. The maximum absolute atomic E-state index is 11.9. The molecule has 0 bridgehead atoms. The number of carbonyl (C=O) groups excluding carboxylic acids is 1. The van der Waals surface area contributed by atoms with Gasteiger partial charge in [0.15, 0.2) is 11.9 Å². The van der Waals surface area contributed by atoms with Crippen molar-refractivity contribution >= 4 is 17.5 Å². The van der Waals surface area contributed by atoms with Crippen molar-refractivity contribution in [3.63, 3.8) is 0 Å². The first kappa shape index (κ1) is 14.3. The molecular weight excluding hydrogens is 276 g/mol. The molecule has 1 heterocycles. The monoisotopic (exact) mass is 291 g/mol. The summed E-state index contributed by atoms with van der Waals surface area (Å²) in [4.78, 5) is 11.9. The summed E-state index contributed by atoms with van der Waals surface area (Å²) in [5, 5.41) is 12.9. The zero-order valence-electron chi connectivity index (χ0n) is 11.1. The van der Waals surface area contributed by atoms with Gasteiger partial charge in [-0.15, -0.1) is 0 Å². The first-order valence-electron chi connectivity index (χ1n) is 6.27. The van der Waals surface area contributed by atoms with E-state index in [1.165, 1.54) is 6.20 Å². The van der Waals surface area contributed by atoms with Gasteiger partial charge in [-0.05, 0) is 30.7 Å². The fourth-order valence-electron chi connectivity index (χ4n) is 1.89. The number of aromatic nitrogens is 1. The molecule has 4 nitrogen and oxygen atoms in total. The van der Waals surface area contributed by atoms with Crippen LogP contribution in [0, 0.1) is 0 Å². The molecule has 1 aromatic carbocycles. The molecule has 0 fully saturated rings. The number of benzene rings is 1. The van der Waals surface area contributed by atoms with Crippen molar-refractivity contribution in [3.05, 3.63) is 59.4 Å². The smallest absolute Gasteiger partial charge is 0.286 e. The zero-order valence-corrected chi connectivity index (χ0v) is 11.8. The van der Waals surface area contributed by atoms with Gasteiger partial charge in [-0.25, -0.2) is 0 Å². The minimum Gasteiger partial charge on any atom is -0.503 e. The SMILES string of the molecule is C[C@@H](NC(=O)C[n+]1cccc(O)c1)c1ccc(Cl)cc1. The molecule has 1 atom stereocenters. The molecule has 5 heteroatoms. The predicted molar refractivity (Wildman–Crippen MR) is 76.3 cm³/mol. The lowest BCUT2D eigenvalue weighted by atomic mass is 10.1. The Bertz CT molecular complexity index is 599. The van der Waals surface area contributed by atoms with Crippen molar-refractivity contribution in [2.24, 2.45) is 0 Å². The zero-order chi connectivity index (χ0) is 14.5. The van der Waals surface area contributed by atoms with Crippen LogP contribution < -0.4 is 9.88 Å². The summed E-state index contributed by atoms with van der Waals surface area (Å²) >= 11 is 5.83. The number of aromatic hydroxyl groups is 1. The third kappa shape index (κ3) is 3.96. The molecule has 104 valence electrons. The summed E-state index contributed by atoms with van der Waals surface area (Å²) in [6, 6.07) is 10.5. The minimum atomic E-state index is -0.122. The van der Waals surface area contributed by atoms with Crippen LogP contribution in [-0.4, -0.2) is 11.0 Å². The van der Waals surface area contributed by atoms with Crippen molar-refractivity contribution in [3.8, 4) is 5.75 Å². The molecule has 20 heavy (non-hydrogen) atoms. The number of hydrogen-bond acceptors (Lipinski definition) is 2. The Kier molecular flexibility index (Phi) is 4.58. The Balaban J connectivity index is 1.95. The molecule has 0 saturated carbocycles. The fourth-order valence-corrected chi connectivity index (χ4v) is 2.02. The first-order chi connectivity index (χ1) is 9.54. The van der Waals surface area contributed by atoms with Gasteiger partial charge >= 0.3 is 0 Å². The van der Waals surface area contributed by atoms with Gasteiger partial charge in [-0.1, -0.05) is 23.7 Å². The topological polar surface area (TPSA) is 53.2 Å². The van der Waals surface area contributed by atoms with E-state index in [1.54, 1.807) is 35.0 Å². The van der Waals surface area contributed by atoms with E-state index >= 15 is 0 Å². The Labute approximate surface area is 122 Å². The van der Waals surface area contributed by atoms with Gasteiger partial charge in [-0.2, -0.15) is 4.57 Å². The quantitative estimate of drug-likeness (QED) is 0.849. The Morgan fingerprint density at radius 2 is 2.05 bits per heavy atom. The Hall–Kier alpha value is -2.07. The van der Waals surface area contributed by atoms with Crippen molar-refractivity contribution < 1.29 is 14.5 Å². The first-order valence-corrected chi connectivity index (χ1v) is 6.65. The van der Waals surface area contributed by atoms with Crippen molar-refractivity contribution in [1.29, 1.82) is 0 Å². The van der Waals surface area contributed by atoms with E-state index in [-0.39, 0.29) is 24.2 Å². The molecule has 2 N–H and O–H groups in total. The average Bonchev–Trinajstić information content (AvgIpc) is 2.39. The van der Waals surface area contributed by atoms with E-state index in [0.717, 1.165) is 5.56 Å². The van der Waals surface area contributed by atoms with E-state index in [2.05, 4.69) is 5.32 Å². The lowest BCUT2D eigenvalue weighted by molar-refractivity contribution is -0.684. The molecule has 1 amide bonds. The van der Waals surface area contributed by atoms with Crippen LogP contribution in [0.25, 0.3) is 0 Å². The van der Waals surface area contributed by atoms with Crippen LogP contribution in [0.15, 0.2) is 48.8 Å². The highest BCUT2D eigenvalue weighted by atomic mass is 35.5. The summed E-state index contributed by atoms with van der Waals surface area (Å²) in [5.74, 6) is 0.00843. The summed E-state index contributed by atoms with van der Waals surface area (Å²) < 4.78 is 1.62. The van der Waals surface area contributed by atoms with Gasteiger partial charge in [0.25, 0.3) is 5.91 Å². The van der Waals surface area contributed by atoms with Crippen LogP contribution >= 0.6 is 11.6 Å². The Morgan fingerprint density at radius 3 is 2.70 bits per heavy atom. The molecule has 1 aromatic heterocycles. The van der Waals surface area contributed by atoms with Crippen LogP contribution in [-0.2, 0) is 11.3 Å². The minimum absolute atomic E-state index is 0.0994. The molecule has 2 rings (SSSR count). The van der Waals surface area contributed by atoms with Crippen molar-refractivity contribution in [2.45, 2.75) is 19.5 Å². The molecule has 0 unspecified atom stereocenters. The van der Waals surface area contributed by atoms with Crippen LogP contribution in [0.1, 0.15) is 18.5 Å². The molecule has 0 aliphatic carbocycles. The van der Waals surface area contributed by atoms with Crippen molar-refractivity contribution in [1.82, 2.24) is 5.32 Å². The number of halogens is 1. The third-order valence-corrected chi connectivity index (χ3v) is 3.17. The largest absolute Gasteiger partial charge is 0.503 e. The number of hydrogen-bond donors (Lipinski definition) is 2. The summed E-state index contributed by atoms with van der Waals surface area (Å²) in [6.45, 7) is 2.07. The molecule has 0 radical (unpaired) electrons. The molecule has 0 saturated heterocycles. The maximum Gasteiger partial charge on any atom is 0.286 e. The van der Waals surface area contributed by atoms with Crippen LogP contribution in [0.4, 0.5) is 0 Å². The van der Waals surface area contributed by atoms with Crippen LogP contribution in [0.3, 0.4) is 0 Å². The van der Waals surface area contributed by atoms with E-state index in [1.807, 2.05) is 19.1 Å². The lowest BCUT2D eigenvalue weighted by Crippen LogP contribution is -2.42. The second-order valence-electron chi connectivity index (χ2n) is 4.58. The number of rotatable bonds is 4. The second kappa shape index (κ2) is 6.39. The van der Waals surface area contributed by atoms with Crippen molar-refractivity contribution in [2.75, 3.05) is 0 Å². The van der Waals surface area contributed by atoms with Crippen LogP contribution in [0.5, 0.6) is 5.75 Å². The lowest BCUT2D eigenvalue weighted by Gasteiger charge is -2.13. The highest BCUT2D eigenvalue weighted by molar-refractivity contribution is 6.30. The summed E-state index contributed by atoms with van der Waals surface area (Å²) in [6.07, 6.45) is 3.23. The van der Waals surface area contributed by atoms with E-state index in [4.69, 9.17) is 11.6 Å². The van der Waals surface area contributed by atoms with Gasteiger partial charge < -0.3 is 10.4 Å². The molecule has 0 aliphatic heterocycles. The molecule has 0 spiro atoms. The predicted octanol–water partition coefficient (Wildman–Crippen LogP) is 2.21. The van der Waals surface area contributed by atoms with Gasteiger partial charge in [0.05, 0.1) is 6.04 Å². The molecule has 2 aromatic rings. The third-order valence-electron chi connectivity index (χ3n) is 2.92. The van der Waals surface area contributed by atoms with E-state index in [0.29, 0.717) is 5.02 Å². The number of carbonyl (C=O) groups is 1. The Morgan fingerprint density at radius 1 is 1.35 bits per heavy atom. The van der Waals surface area contributed by atoms with Gasteiger partial charge in [0, 0.05) is 11.1 Å². The normalized spacial score (nSPS) is 11.9. The van der Waals surface area contributed by atoms with Crippen LogP contribution in [0.2, 0.25) is 5.02 Å². The van der Waals surface area contributed by atoms with Gasteiger partial charge in [-0.3, -0.25) is 4.79 Å².